The average Bonchev–Trinajstić information content (AvgIpc) is 2.73. The van der Waals surface area contributed by atoms with E-state index in [9.17, 15) is 13.6 Å². The molecule has 1 aromatic carbocycles. The number of methoxy groups -OCH3 is 1. The van der Waals surface area contributed by atoms with Crippen molar-refractivity contribution in [2.45, 2.75) is 31.4 Å². The van der Waals surface area contributed by atoms with Gasteiger partial charge in [-0.05, 0) is 24.2 Å². The normalized spacial score (nSPS) is 18.3. The number of benzene rings is 1. The average molecular weight is 405 g/mol. The van der Waals surface area contributed by atoms with E-state index < -0.39 is 24.4 Å². The van der Waals surface area contributed by atoms with Crippen LogP contribution in [0.15, 0.2) is 42.6 Å². The SMILES string of the molecule is CNCc1cc(C2CN(C(=O)OCc3ccccc3)CCC2(F)F)cnc1OC. The molecule has 1 aliphatic heterocycles. The summed E-state index contributed by atoms with van der Waals surface area (Å²) < 4.78 is 39.9. The zero-order valence-corrected chi connectivity index (χ0v) is 16.5. The van der Waals surface area contributed by atoms with E-state index in [0.29, 0.717) is 23.6 Å². The van der Waals surface area contributed by atoms with Crippen LogP contribution in [0, 0.1) is 0 Å². The van der Waals surface area contributed by atoms with Crippen molar-refractivity contribution in [3.05, 3.63) is 59.3 Å². The van der Waals surface area contributed by atoms with Crippen LogP contribution in [0.4, 0.5) is 13.6 Å². The van der Waals surface area contributed by atoms with Gasteiger partial charge < -0.3 is 19.7 Å². The van der Waals surface area contributed by atoms with E-state index in [1.54, 1.807) is 13.1 Å². The monoisotopic (exact) mass is 405 g/mol. The van der Waals surface area contributed by atoms with Gasteiger partial charge in [-0.2, -0.15) is 0 Å². The lowest BCUT2D eigenvalue weighted by Gasteiger charge is -2.38. The number of halogens is 2. The molecule has 8 heteroatoms. The van der Waals surface area contributed by atoms with Crippen LogP contribution >= 0.6 is 0 Å². The number of carbonyl (C=O) groups excluding carboxylic acids is 1. The molecule has 29 heavy (non-hydrogen) atoms. The van der Waals surface area contributed by atoms with Crippen LogP contribution < -0.4 is 10.1 Å². The third-order valence-electron chi connectivity index (χ3n) is 5.00. The van der Waals surface area contributed by atoms with Crippen molar-refractivity contribution in [2.24, 2.45) is 0 Å². The van der Waals surface area contributed by atoms with Gasteiger partial charge in [0.1, 0.15) is 6.61 Å². The van der Waals surface area contributed by atoms with E-state index in [2.05, 4.69) is 10.3 Å². The first-order valence-electron chi connectivity index (χ1n) is 9.45. The number of likely N-dealkylation sites (tertiary alicyclic amines) is 1. The van der Waals surface area contributed by atoms with Crippen molar-refractivity contribution in [1.29, 1.82) is 0 Å². The lowest BCUT2D eigenvalue weighted by molar-refractivity contribution is -0.0729. The van der Waals surface area contributed by atoms with Crippen LogP contribution in [0.3, 0.4) is 0 Å². The van der Waals surface area contributed by atoms with Crippen molar-refractivity contribution in [3.8, 4) is 5.88 Å². The van der Waals surface area contributed by atoms with Crippen LogP contribution in [-0.2, 0) is 17.9 Å². The maximum absolute atomic E-state index is 14.7. The highest BCUT2D eigenvalue weighted by Gasteiger charge is 2.46. The van der Waals surface area contributed by atoms with Gasteiger partial charge in [-0.1, -0.05) is 30.3 Å². The van der Waals surface area contributed by atoms with Crippen molar-refractivity contribution in [3.63, 3.8) is 0 Å². The maximum Gasteiger partial charge on any atom is 0.410 e. The molecule has 1 atom stereocenters. The number of piperidine rings is 1. The highest BCUT2D eigenvalue weighted by Crippen LogP contribution is 2.41. The Morgan fingerprint density at radius 1 is 1.34 bits per heavy atom. The fraction of sp³-hybridized carbons (Fsp3) is 0.429. The fourth-order valence-electron chi connectivity index (χ4n) is 3.44. The number of pyridine rings is 1. The number of aromatic nitrogens is 1. The molecule has 0 spiro atoms. The molecule has 6 nitrogen and oxygen atoms in total. The predicted octanol–water partition coefficient (Wildman–Crippen LogP) is 3.57. The smallest absolute Gasteiger partial charge is 0.410 e. The lowest BCUT2D eigenvalue weighted by atomic mass is 9.87. The molecule has 1 aliphatic rings. The number of alkyl halides is 2. The standard InChI is InChI=1S/C21H25F2N3O3/c1-24-11-17-10-16(12-25-19(17)28-2)18-13-26(9-8-21(18,22)23)20(27)29-14-15-6-4-3-5-7-15/h3-7,10,12,18,24H,8-9,11,13-14H2,1-2H3. The number of amides is 1. The first-order chi connectivity index (χ1) is 13.9. The van der Waals surface area contributed by atoms with E-state index >= 15 is 0 Å². The number of rotatable bonds is 6. The molecular formula is C21H25F2N3O3. The summed E-state index contributed by atoms with van der Waals surface area (Å²) in [5.41, 5.74) is 1.91. The van der Waals surface area contributed by atoms with Crippen LogP contribution in [0.1, 0.15) is 29.0 Å². The molecule has 2 heterocycles. The first kappa shape index (κ1) is 21.0. The van der Waals surface area contributed by atoms with Crippen molar-refractivity contribution in [2.75, 3.05) is 27.2 Å². The van der Waals surface area contributed by atoms with Crippen molar-refractivity contribution >= 4 is 6.09 Å². The van der Waals surface area contributed by atoms with E-state index in [1.165, 1.54) is 18.2 Å². The molecule has 156 valence electrons. The van der Waals surface area contributed by atoms with E-state index in [4.69, 9.17) is 9.47 Å². The number of hydrogen-bond acceptors (Lipinski definition) is 5. The molecule has 1 saturated heterocycles. The molecule has 0 radical (unpaired) electrons. The Balaban J connectivity index is 1.74. The third kappa shape index (κ3) is 5.00. The fourth-order valence-corrected chi connectivity index (χ4v) is 3.44. The Kier molecular flexibility index (Phi) is 6.64. The number of nitrogens with one attached hydrogen (secondary N) is 1. The van der Waals surface area contributed by atoms with Gasteiger partial charge in [-0.15, -0.1) is 0 Å². The number of hydrogen-bond donors (Lipinski definition) is 1. The van der Waals surface area contributed by atoms with Crippen LogP contribution in [-0.4, -0.2) is 49.1 Å². The molecule has 0 bridgehead atoms. The van der Waals surface area contributed by atoms with Gasteiger partial charge in [-0.25, -0.2) is 18.6 Å². The maximum atomic E-state index is 14.7. The molecule has 3 rings (SSSR count). The lowest BCUT2D eigenvalue weighted by Crippen LogP contribution is -2.48. The zero-order valence-electron chi connectivity index (χ0n) is 16.5. The Hall–Kier alpha value is -2.74. The molecule has 0 saturated carbocycles. The molecule has 1 amide bonds. The highest BCUT2D eigenvalue weighted by atomic mass is 19.3. The Morgan fingerprint density at radius 3 is 2.79 bits per heavy atom. The molecule has 1 fully saturated rings. The van der Waals surface area contributed by atoms with Crippen LogP contribution in [0.25, 0.3) is 0 Å². The van der Waals surface area contributed by atoms with Gasteiger partial charge in [0.15, 0.2) is 0 Å². The van der Waals surface area contributed by atoms with Gasteiger partial charge in [0.2, 0.25) is 5.88 Å². The second kappa shape index (κ2) is 9.17. The van der Waals surface area contributed by atoms with Gasteiger partial charge in [0, 0.05) is 37.8 Å². The largest absolute Gasteiger partial charge is 0.481 e. The summed E-state index contributed by atoms with van der Waals surface area (Å²) in [6, 6.07) is 10.9. The minimum atomic E-state index is -2.94. The zero-order chi connectivity index (χ0) is 20.9. The summed E-state index contributed by atoms with van der Waals surface area (Å²) in [5.74, 6) is -3.71. The van der Waals surface area contributed by atoms with Gasteiger partial charge in [0.05, 0.1) is 13.0 Å². The van der Waals surface area contributed by atoms with E-state index in [1.807, 2.05) is 30.3 Å². The van der Waals surface area contributed by atoms with E-state index in [0.717, 1.165) is 5.56 Å². The Bertz CT molecular complexity index is 833. The Labute approximate surface area is 168 Å². The van der Waals surface area contributed by atoms with Crippen molar-refractivity contribution in [1.82, 2.24) is 15.2 Å². The van der Waals surface area contributed by atoms with Gasteiger partial charge in [0.25, 0.3) is 5.92 Å². The first-order valence-corrected chi connectivity index (χ1v) is 9.45. The molecule has 2 aromatic rings. The number of nitrogens with zero attached hydrogens (tertiary/aromatic N) is 2. The minimum absolute atomic E-state index is 0.0515. The summed E-state index contributed by atoms with van der Waals surface area (Å²) in [7, 11) is 3.24. The molecule has 1 N–H and O–H groups in total. The molecule has 1 unspecified atom stereocenters. The highest BCUT2D eigenvalue weighted by molar-refractivity contribution is 5.68. The molecule has 1 aromatic heterocycles. The summed E-state index contributed by atoms with van der Waals surface area (Å²) in [5, 5.41) is 2.98. The second-order valence-corrected chi connectivity index (χ2v) is 7.02. The summed E-state index contributed by atoms with van der Waals surface area (Å²) in [4.78, 5) is 18.0. The number of carbonyl (C=O) groups is 1. The van der Waals surface area contributed by atoms with Crippen LogP contribution in [0.5, 0.6) is 5.88 Å². The quantitative estimate of drug-likeness (QED) is 0.796. The minimum Gasteiger partial charge on any atom is -0.481 e. The van der Waals surface area contributed by atoms with E-state index in [-0.39, 0.29) is 19.7 Å². The molecule has 0 aliphatic carbocycles. The molecular weight excluding hydrogens is 380 g/mol. The van der Waals surface area contributed by atoms with Crippen molar-refractivity contribution < 1.29 is 23.0 Å². The summed E-state index contributed by atoms with van der Waals surface area (Å²) >= 11 is 0. The van der Waals surface area contributed by atoms with Gasteiger partial charge >= 0.3 is 6.09 Å². The van der Waals surface area contributed by atoms with Crippen LogP contribution in [0.2, 0.25) is 0 Å². The second-order valence-electron chi connectivity index (χ2n) is 7.02. The predicted molar refractivity (Wildman–Crippen MR) is 104 cm³/mol. The number of ether oxygens (including phenoxy) is 2. The van der Waals surface area contributed by atoms with Gasteiger partial charge in [-0.3, -0.25) is 0 Å². The third-order valence-corrected chi connectivity index (χ3v) is 5.00. The Morgan fingerprint density at radius 2 is 2.10 bits per heavy atom. The summed E-state index contributed by atoms with van der Waals surface area (Å²) in [6.07, 6.45) is 0.382. The topological polar surface area (TPSA) is 63.7 Å². The summed E-state index contributed by atoms with van der Waals surface area (Å²) in [6.45, 7) is 0.358.